The molecule has 2 N–H and O–H groups in total. The summed E-state index contributed by atoms with van der Waals surface area (Å²) in [5.74, 6) is 0.198. The summed E-state index contributed by atoms with van der Waals surface area (Å²) in [4.78, 5) is 25.8. The molecule has 138 valence electrons. The number of rotatable bonds is 7. The topological polar surface area (TPSA) is 76.7 Å². The first-order valence-electron chi connectivity index (χ1n) is 8.61. The average molecular weight is 374 g/mol. The Labute approximate surface area is 156 Å². The first-order valence-corrected chi connectivity index (χ1v) is 9.43. The number of fused-ring (bicyclic) bond motifs is 1. The van der Waals surface area contributed by atoms with Gasteiger partial charge < -0.3 is 20.1 Å². The van der Waals surface area contributed by atoms with Crippen LogP contribution in [-0.4, -0.2) is 32.1 Å². The summed E-state index contributed by atoms with van der Waals surface area (Å²) in [7, 11) is 1.61. The number of hydrogen-bond acceptors (Lipinski definition) is 6. The molecule has 0 fully saturated rings. The Morgan fingerprint density at radius 1 is 1.19 bits per heavy atom. The number of nitrogens with one attached hydrogen (secondary N) is 2. The number of carbonyl (C=O) groups is 2. The van der Waals surface area contributed by atoms with E-state index in [4.69, 9.17) is 9.47 Å². The van der Waals surface area contributed by atoms with Gasteiger partial charge in [0.05, 0.1) is 25.8 Å². The van der Waals surface area contributed by atoms with Gasteiger partial charge in [0.25, 0.3) is 0 Å². The first-order chi connectivity index (χ1) is 12.6. The zero-order valence-electron chi connectivity index (χ0n) is 14.9. The molecule has 0 saturated carbocycles. The largest absolute Gasteiger partial charge is 0.497 e. The van der Waals surface area contributed by atoms with E-state index < -0.39 is 0 Å². The van der Waals surface area contributed by atoms with Crippen molar-refractivity contribution in [3.05, 3.63) is 40.3 Å². The van der Waals surface area contributed by atoms with E-state index in [-0.39, 0.29) is 18.4 Å². The molecule has 7 heteroatoms. The van der Waals surface area contributed by atoms with Crippen molar-refractivity contribution in [1.82, 2.24) is 0 Å². The van der Waals surface area contributed by atoms with E-state index in [0.29, 0.717) is 17.2 Å². The number of methoxy groups -OCH3 is 1. The highest BCUT2D eigenvalue weighted by Gasteiger charge is 2.28. The second-order valence-electron chi connectivity index (χ2n) is 5.91. The Kier molecular flexibility index (Phi) is 5.78. The van der Waals surface area contributed by atoms with Crippen LogP contribution in [0.25, 0.3) is 0 Å². The number of amides is 1. The molecule has 0 aliphatic heterocycles. The summed E-state index contributed by atoms with van der Waals surface area (Å²) >= 11 is 1.48. The second kappa shape index (κ2) is 8.23. The van der Waals surface area contributed by atoms with Gasteiger partial charge in [0.15, 0.2) is 0 Å². The number of thiophene rings is 1. The summed E-state index contributed by atoms with van der Waals surface area (Å²) in [6.07, 6.45) is 2.85. The van der Waals surface area contributed by atoms with Crippen LogP contribution >= 0.6 is 11.3 Å². The minimum Gasteiger partial charge on any atom is -0.497 e. The van der Waals surface area contributed by atoms with E-state index >= 15 is 0 Å². The van der Waals surface area contributed by atoms with Crippen molar-refractivity contribution < 1.29 is 19.1 Å². The van der Waals surface area contributed by atoms with Crippen LogP contribution in [0.3, 0.4) is 0 Å². The Hall–Kier alpha value is -2.54. The SMILES string of the molecule is CCOC(=O)c1c(NC(=O)CNc2ccc(OC)cc2)sc2c1CCC2. The van der Waals surface area contributed by atoms with E-state index in [2.05, 4.69) is 10.6 Å². The van der Waals surface area contributed by atoms with Crippen LogP contribution in [0.5, 0.6) is 5.75 Å². The number of hydrogen-bond donors (Lipinski definition) is 2. The maximum absolute atomic E-state index is 12.3. The lowest BCUT2D eigenvalue weighted by Gasteiger charge is -2.09. The molecule has 0 saturated heterocycles. The standard InChI is InChI=1S/C19H22N2O4S/c1-3-25-19(23)17-14-5-4-6-15(14)26-18(17)21-16(22)11-20-12-7-9-13(24-2)10-8-12/h7-10,20H,3-6,11H2,1-2H3,(H,21,22). The van der Waals surface area contributed by atoms with Gasteiger partial charge in [-0.1, -0.05) is 0 Å². The molecular formula is C19H22N2O4S. The second-order valence-corrected chi connectivity index (χ2v) is 7.02. The van der Waals surface area contributed by atoms with Crippen LogP contribution in [-0.2, 0) is 22.4 Å². The Morgan fingerprint density at radius 2 is 1.96 bits per heavy atom. The Balaban J connectivity index is 1.66. The Bertz CT molecular complexity index is 799. The van der Waals surface area contributed by atoms with Crippen LogP contribution in [0.15, 0.2) is 24.3 Å². The minimum absolute atomic E-state index is 0.108. The van der Waals surface area contributed by atoms with E-state index in [1.807, 2.05) is 24.3 Å². The maximum Gasteiger partial charge on any atom is 0.341 e. The molecule has 2 aromatic rings. The van der Waals surface area contributed by atoms with E-state index in [1.54, 1.807) is 14.0 Å². The van der Waals surface area contributed by atoms with Gasteiger partial charge in [-0.3, -0.25) is 4.79 Å². The van der Waals surface area contributed by atoms with Gasteiger partial charge >= 0.3 is 5.97 Å². The van der Waals surface area contributed by atoms with Crippen molar-refractivity contribution in [3.63, 3.8) is 0 Å². The molecule has 6 nitrogen and oxygen atoms in total. The van der Waals surface area contributed by atoms with Crippen LogP contribution in [0.4, 0.5) is 10.7 Å². The zero-order valence-corrected chi connectivity index (χ0v) is 15.7. The van der Waals surface area contributed by atoms with Crippen molar-refractivity contribution in [2.24, 2.45) is 0 Å². The molecule has 1 aliphatic carbocycles. The zero-order chi connectivity index (χ0) is 18.5. The van der Waals surface area contributed by atoms with Crippen molar-refractivity contribution in [3.8, 4) is 5.75 Å². The molecule has 0 radical (unpaired) electrons. The normalized spacial score (nSPS) is 12.4. The van der Waals surface area contributed by atoms with Crippen LogP contribution < -0.4 is 15.4 Å². The quantitative estimate of drug-likeness (QED) is 0.726. The minimum atomic E-state index is -0.356. The van der Waals surface area contributed by atoms with Gasteiger partial charge in [-0.2, -0.15) is 0 Å². The molecule has 1 amide bonds. The summed E-state index contributed by atoms with van der Waals surface area (Å²) in [6, 6.07) is 7.33. The third-order valence-electron chi connectivity index (χ3n) is 4.20. The predicted octanol–water partition coefficient (Wildman–Crippen LogP) is 3.47. The summed E-state index contributed by atoms with van der Waals surface area (Å²) in [5, 5.41) is 6.52. The highest BCUT2D eigenvalue weighted by atomic mass is 32.1. The van der Waals surface area contributed by atoms with Crippen molar-refractivity contribution in [1.29, 1.82) is 0 Å². The molecule has 0 atom stereocenters. The smallest absolute Gasteiger partial charge is 0.341 e. The average Bonchev–Trinajstić information content (AvgIpc) is 3.21. The molecular weight excluding hydrogens is 352 g/mol. The molecule has 1 aromatic carbocycles. The van der Waals surface area contributed by atoms with Gasteiger partial charge in [-0.25, -0.2) is 4.79 Å². The molecule has 0 spiro atoms. The highest BCUT2D eigenvalue weighted by Crippen LogP contribution is 2.39. The fourth-order valence-electron chi connectivity index (χ4n) is 2.97. The van der Waals surface area contributed by atoms with Crippen molar-refractivity contribution in [2.75, 3.05) is 30.9 Å². The van der Waals surface area contributed by atoms with Gasteiger partial charge in [0.1, 0.15) is 10.8 Å². The van der Waals surface area contributed by atoms with Crippen LogP contribution in [0, 0.1) is 0 Å². The number of anilines is 2. The number of benzene rings is 1. The lowest BCUT2D eigenvalue weighted by Crippen LogP contribution is -2.22. The fraction of sp³-hybridized carbons (Fsp3) is 0.368. The monoisotopic (exact) mass is 374 g/mol. The number of esters is 1. The summed E-state index contributed by atoms with van der Waals surface area (Å²) in [6.45, 7) is 2.20. The lowest BCUT2D eigenvalue weighted by molar-refractivity contribution is -0.114. The van der Waals surface area contributed by atoms with Crippen LogP contribution in [0.1, 0.15) is 34.1 Å². The molecule has 0 bridgehead atoms. The molecule has 1 heterocycles. The van der Waals surface area contributed by atoms with Crippen molar-refractivity contribution >= 4 is 33.9 Å². The lowest BCUT2D eigenvalue weighted by atomic mass is 10.1. The maximum atomic E-state index is 12.3. The van der Waals surface area contributed by atoms with Gasteiger partial charge in [0.2, 0.25) is 5.91 Å². The summed E-state index contributed by atoms with van der Waals surface area (Å²) < 4.78 is 10.3. The molecule has 3 rings (SSSR count). The highest BCUT2D eigenvalue weighted by molar-refractivity contribution is 7.17. The Morgan fingerprint density at radius 3 is 2.65 bits per heavy atom. The van der Waals surface area contributed by atoms with E-state index in [0.717, 1.165) is 36.3 Å². The summed E-state index contributed by atoms with van der Waals surface area (Å²) in [5.41, 5.74) is 2.38. The first kappa shape index (κ1) is 18.3. The fourth-order valence-corrected chi connectivity index (χ4v) is 4.27. The molecule has 1 aromatic heterocycles. The van der Waals surface area contributed by atoms with Gasteiger partial charge in [-0.15, -0.1) is 11.3 Å². The predicted molar refractivity (Wildman–Crippen MR) is 102 cm³/mol. The number of aryl methyl sites for hydroxylation is 1. The molecule has 26 heavy (non-hydrogen) atoms. The molecule has 0 unspecified atom stereocenters. The van der Waals surface area contributed by atoms with Gasteiger partial charge in [-0.05, 0) is 56.0 Å². The van der Waals surface area contributed by atoms with Crippen LogP contribution in [0.2, 0.25) is 0 Å². The van der Waals surface area contributed by atoms with Gasteiger partial charge in [0, 0.05) is 10.6 Å². The third kappa shape index (κ3) is 3.99. The molecule has 1 aliphatic rings. The van der Waals surface area contributed by atoms with E-state index in [1.165, 1.54) is 16.2 Å². The third-order valence-corrected chi connectivity index (χ3v) is 5.40. The number of carbonyl (C=O) groups excluding carboxylic acids is 2. The number of ether oxygens (including phenoxy) is 2. The van der Waals surface area contributed by atoms with Crippen molar-refractivity contribution in [2.45, 2.75) is 26.2 Å². The van der Waals surface area contributed by atoms with E-state index in [9.17, 15) is 9.59 Å².